The lowest BCUT2D eigenvalue weighted by Crippen LogP contribution is -2.44. The van der Waals surface area contributed by atoms with Crippen molar-refractivity contribution in [3.63, 3.8) is 0 Å². The zero-order valence-corrected chi connectivity index (χ0v) is 19.0. The third-order valence-corrected chi connectivity index (χ3v) is 6.04. The fraction of sp³-hybridized carbons (Fsp3) is 0.154. The van der Waals surface area contributed by atoms with Gasteiger partial charge in [0.15, 0.2) is 0 Å². The van der Waals surface area contributed by atoms with Crippen LogP contribution in [0.4, 0.5) is 0 Å². The molecule has 0 bridgehead atoms. The molecule has 0 unspecified atom stereocenters. The predicted molar refractivity (Wildman–Crippen MR) is 135 cm³/mol. The van der Waals surface area contributed by atoms with Crippen LogP contribution >= 0.6 is 11.8 Å². The number of hydrogen-bond acceptors (Lipinski definition) is 6. The van der Waals surface area contributed by atoms with E-state index in [2.05, 4.69) is 89.8 Å². The van der Waals surface area contributed by atoms with Crippen LogP contribution in [0.15, 0.2) is 112 Å². The van der Waals surface area contributed by atoms with E-state index in [1.807, 2.05) is 54.4 Å². The first-order valence-corrected chi connectivity index (χ1v) is 11.5. The minimum Gasteiger partial charge on any atom is -0.306 e. The Bertz CT molecular complexity index is 1090. The number of nitrogens with one attached hydrogen (secondary N) is 3. The summed E-state index contributed by atoms with van der Waals surface area (Å²) in [6.45, 7) is 4.27. The summed E-state index contributed by atoms with van der Waals surface area (Å²) in [7, 11) is 0. The van der Waals surface area contributed by atoms with Crippen molar-refractivity contribution in [1.29, 1.82) is 0 Å². The Kier molecular flexibility index (Phi) is 7.25. The average molecular weight is 442 g/mol. The molecule has 3 aromatic rings. The van der Waals surface area contributed by atoms with Crippen LogP contribution in [0, 0.1) is 6.92 Å². The van der Waals surface area contributed by atoms with Crippen molar-refractivity contribution in [2.24, 2.45) is 10.1 Å². The van der Waals surface area contributed by atoms with Crippen LogP contribution < -0.4 is 16.3 Å². The number of thioether (sulfide) groups is 1. The van der Waals surface area contributed by atoms with Crippen molar-refractivity contribution in [2.75, 3.05) is 0 Å². The summed E-state index contributed by atoms with van der Waals surface area (Å²) in [6.07, 6.45) is 4.00. The van der Waals surface area contributed by atoms with Gasteiger partial charge in [0, 0.05) is 21.9 Å². The molecule has 1 heterocycles. The smallest absolute Gasteiger partial charge is 0.232 e. The van der Waals surface area contributed by atoms with E-state index in [1.54, 1.807) is 0 Å². The summed E-state index contributed by atoms with van der Waals surface area (Å²) in [5.74, 6) is 0.571. The monoisotopic (exact) mass is 441 g/mol. The van der Waals surface area contributed by atoms with Gasteiger partial charge in [-0.3, -0.25) is 5.43 Å². The van der Waals surface area contributed by atoms with Gasteiger partial charge >= 0.3 is 0 Å². The van der Waals surface area contributed by atoms with Gasteiger partial charge in [-0.2, -0.15) is 5.10 Å². The van der Waals surface area contributed by atoms with Crippen molar-refractivity contribution >= 4 is 23.4 Å². The highest BCUT2D eigenvalue weighted by Gasteiger charge is 2.23. The van der Waals surface area contributed by atoms with Crippen molar-refractivity contribution in [1.82, 2.24) is 16.3 Å². The van der Waals surface area contributed by atoms with E-state index in [0.29, 0.717) is 11.2 Å². The Morgan fingerprint density at radius 3 is 2.34 bits per heavy atom. The summed E-state index contributed by atoms with van der Waals surface area (Å²) < 4.78 is 0. The molecule has 1 aliphatic heterocycles. The molecule has 0 fully saturated rings. The number of benzene rings is 3. The van der Waals surface area contributed by atoms with E-state index < -0.39 is 0 Å². The van der Waals surface area contributed by atoms with Gasteiger partial charge in [0.2, 0.25) is 5.96 Å². The third kappa shape index (κ3) is 5.80. The molecule has 4 rings (SSSR count). The zero-order valence-electron chi connectivity index (χ0n) is 18.2. The number of nitrogens with zero attached hydrogens (tertiary/aromatic N) is 2. The van der Waals surface area contributed by atoms with Crippen molar-refractivity contribution < 1.29 is 0 Å². The van der Waals surface area contributed by atoms with E-state index in [0.717, 1.165) is 16.8 Å². The van der Waals surface area contributed by atoms with Gasteiger partial charge in [-0.05, 0) is 31.5 Å². The lowest BCUT2D eigenvalue weighted by Gasteiger charge is -2.23. The van der Waals surface area contributed by atoms with Crippen molar-refractivity contribution in [3.05, 3.63) is 114 Å². The SMILES string of the molecule is Cc1ccc(S[C@@H](C)/C=C\NNC2=N[C@H](c3ccccc3)C(c3ccccc3)=NN2)cc1. The fourth-order valence-corrected chi connectivity index (χ4v) is 4.20. The number of hydrazine groups is 1. The van der Waals surface area contributed by atoms with Gasteiger partial charge in [0.25, 0.3) is 0 Å². The molecule has 162 valence electrons. The minimum absolute atomic E-state index is 0.191. The van der Waals surface area contributed by atoms with Gasteiger partial charge in [-0.1, -0.05) is 84.4 Å². The first-order valence-electron chi connectivity index (χ1n) is 10.6. The van der Waals surface area contributed by atoms with Crippen LogP contribution in [0.1, 0.15) is 29.7 Å². The molecule has 0 saturated carbocycles. The van der Waals surface area contributed by atoms with Crippen LogP contribution in [0.25, 0.3) is 0 Å². The van der Waals surface area contributed by atoms with Gasteiger partial charge < -0.3 is 5.43 Å². The Morgan fingerprint density at radius 1 is 0.938 bits per heavy atom. The number of aliphatic imine (C=N–C) groups is 1. The summed E-state index contributed by atoms with van der Waals surface area (Å²) in [5.41, 5.74) is 13.5. The summed E-state index contributed by atoms with van der Waals surface area (Å²) in [4.78, 5) is 6.12. The lowest BCUT2D eigenvalue weighted by atomic mass is 9.97. The first kappa shape index (κ1) is 21.7. The van der Waals surface area contributed by atoms with Crippen LogP contribution in [0.2, 0.25) is 0 Å². The molecule has 32 heavy (non-hydrogen) atoms. The molecule has 3 aromatic carbocycles. The predicted octanol–water partition coefficient (Wildman–Crippen LogP) is 5.19. The minimum atomic E-state index is -0.191. The fourth-order valence-electron chi connectivity index (χ4n) is 3.32. The maximum Gasteiger partial charge on any atom is 0.232 e. The highest BCUT2D eigenvalue weighted by Crippen LogP contribution is 2.25. The van der Waals surface area contributed by atoms with Gasteiger partial charge in [0.1, 0.15) is 6.04 Å². The summed E-state index contributed by atoms with van der Waals surface area (Å²) >= 11 is 1.81. The van der Waals surface area contributed by atoms with E-state index >= 15 is 0 Å². The van der Waals surface area contributed by atoms with Gasteiger partial charge in [-0.25, -0.2) is 10.4 Å². The molecule has 0 aliphatic carbocycles. The van der Waals surface area contributed by atoms with E-state index in [4.69, 9.17) is 4.99 Å². The Morgan fingerprint density at radius 2 is 1.62 bits per heavy atom. The van der Waals surface area contributed by atoms with Crippen LogP contribution in [-0.2, 0) is 0 Å². The Hall–Kier alpha value is -3.51. The number of hydrogen-bond donors (Lipinski definition) is 3. The van der Waals surface area contributed by atoms with Gasteiger partial charge in [-0.15, -0.1) is 11.8 Å². The topological polar surface area (TPSA) is 60.8 Å². The van der Waals surface area contributed by atoms with E-state index in [9.17, 15) is 0 Å². The molecule has 0 amide bonds. The number of rotatable bonds is 7. The second-order valence-corrected chi connectivity index (χ2v) is 8.98. The van der Waals surface area contributed by atoms with Crippen LogP contribution in [-0.4, -0.2) is 16.9 Å². The second-order valence-electron chi connectivity index (χ2n) is 7.53. The van der Waals surface area contributed by atoms with E-state index in [-0.39, 0.29) is 6.04 Å². The first-order chi connectivity index (χ1) is 15.7. The number of aryl methyl sites for hydroxylation is 1. The average Bonchev–Trinajstić information content (AvgIpc) is 2.84. The molecule has 0 aromatic heterocycles. The number of hydrazone groups is 1. The summed E-state index contributed by atoms with van der Waals surface area (Å²) in [6, 6.07) is 28.7. The Labute approximate surface area is 193 Å². The lowest BCUT2D eigenvalue weighted by molar-refractivity contribution is 0.735. The number of guanidine groups is 1. The van der Waals surface area contributed by atoms with Crippen LogP contribution in [0.3, 0.4) is 0 Å². The Balaban J connectivity index is 1.39. The zero-order chi connectivity index (χ0) is 22.2. The normalized spacial score (nSPS) is 16.6. The van der Waals surface area contributed by atoms with Crippen LogP contribution in [0.5, 0.6) is 0 Å². The molecular weight excluding hydrogens is 414 g/mol. The van der Waals surface area contributed by atoms with Crippen molar-refractivity contribution in [2.45, 2.75) is 30.0 Å². The highest BCUT2D eigenvalue weighted by atomic mass is 32.2. The molecule has 0 spiro atoms. The molecule has 1 aliphatic rings. The molecule has 2 atom stereocenters. The second kappa shape index (κ2) is 10.7. The standard InChI is InChI=1S/C26H27N5S/c1-19-13-15-23(16-14-19)32-20(2)17-18-27-30-26-28-24(21-9-5-3-6-10-21)25(29-31-26)22-11-7-4-8-12-22/h3-18,20,24,27H,1-2H3,(H2,28,30,31)/b18-17-/t20-,24+/m0/s1. The van der Waals surface area contributed by atoms with Gasteiger partial charge in [0.05, 0.1) is 5.71 Å². The quantitative estimate of drug-likeness (QED) is 0.349. The molecule has 5 nitrogen and oxygen atoms in total. The maximum absolute atomic E-state index is 4.86. The van der Waals surface area contributed by atoms with E-state index in [1.165, 1.54) is 10.5 Å². The maximum atomic E-state index is 4.86. The van der Waals surface area contributed by atoms with Crippen molar-refractivity contribution in [3.8, 4) is 0 Å². The highest BCUT2D eigenvalue weighted by molar-refractivity contribution is 8.00. The molecule has 3 N–H and O–H groups in total. The molecule has 0 saturated heterocycles. The molecule has 0 radical (unpaired) electrons. The summed E-state index contributed by atoms with van der Waals surface area (Å²) in [5, 5.41) is 4.95. The largest absolute Gasteiger partial charge is 0.306 e. The molecule has 6 heteroatoms. The molecular formula is C26H27N5S. The third-order valence-electron chi connectivity index (χ3n) is 4.97.